The number of ether oxygens (including phenoxy) is 1. The Kier molecular flexibility index (Phi) is 5.07. The molecule has 0 aromatic heterocycles. The molecule has 1 aromatic rings. The molecule has 21 heavy (non-hydrogen) atoms. The zero-order valence-corrected chi connectivity index (χ0v) is 11.8. The summed E-state index contributed by atoms with van der Waals surface area (Å²) in [4.78, 5) is 24.0. The SMILES string of the molecule is CN(C(=O)Nc1ccccc1OC(F)F)C(C)(C)C(=O)O. The number of carbonyl (C=O) groups is 2. The van der Waals surface area contributed by atoms with Gasteiger partial charge in [-0.25, -0.2) is 9.59 Å². The molecular weight excluding hydrogens is 286 g/mol. The highest BCUT2D eigenvalue weighted by molar-refractivity contribution is 5.94. The molecule has 116 valence electrons. The predicted octanol–water partition coefficient (Wildman–Crippen LogP) is 2.61. The number of anilines is 1. The number of hydrogen-bond donors (Lipinski definition) is 2. The third-order valence-electron chi connectivity index (χ3n) is 3.01. The van der Waals surface area contributed by atoms with Crippen molar-refractivity contribution in [3.63, 3.8) is 0 Å². The number of alkyl halides is 2. The van der Waals surface area contributed by atoms with Crippen molar-refractivity contribution >= 4 is 17.7 Å². The molecule has 0 unspecified atom stereocenters. The first kappa shape index (κ1) is 16.7. The number of benzene rings is 1. The molecule has 0 heterocycles. The number of hydrogen-bond acceptors (Lipinski definition) is 3. The second kappa shape index (κ2) is 6.38. The van der Waals surface area contributed by atoms with Gasteiger partial charge in [0.25, 0.3) is 0 Å². The molecule has 0 radical (unpaired) electrons. The van der Waals surface area contributed by atoms with Crippen molar-refractivity contribution in [3.05, 3.63) is 24.3 Å². The third kappa shape index (κ3) is 4.04. The minimum absolute atomic E-state index is 0.0239. The van der Waals surface area contributed by atoms with Crippen LogP contribution in [0, 0.1) is 0 Å². The number of halogens is 2. The lowest BCUT2D eigenvalue weighted by Crippen LogP contribution is -2.52. The van der Waals surface area contributed by atoms with Gasteiger partial charge in [0.05, 0.1) is 5.69 Å². The van der Waals surface area contributed by atoms with E-state index in [1.165, 1.54) is 45.2 Å². The fraction of sp³-hybridized carbons (Fsp3) is 0.385. The van der Waals surface area contributed by atoms with E-state index >= 15 is 0 Å². The minimum atomic E-state index is -3.03. The molecule has 0 aliphatic heterocycles. The van der Waals surface area contributed by atoms with Crippen molar-refractivity contribution in [2.75, 3.05) is 12.4 Å². The van der Waals surface area contributed by atoms with Crippen molar-refractivity contribution in [2.24, 2.45) is 0 Å². The highest BCUT2D eigenvalue weighted by atomic mass is 19.3. The summed E-state index contributed by atoms with van der Waals surface area (Å²) in [6, 6.07) is 4.88. The molecule has 1 rings (SSSR count). The van der Waals surface area contributed by atoms with Crippen LogP contribution in [0.15, 0.2) is 24.3 Å². The lowest BCUT2D eigenvalue weighted by atomic mass is 10.1. The van der Waals surface area contributed by atoms with E-state index in [1.807, 2.05) is 0 Å². The number of urea groups is 1. The van der Waals surface area contributed by atoms with E-state index in [2.05, 4.69) is 10.1 Å². The van der Waals surface area contributed by atoms with Crippen LogP contribution in [0.25, 0.3) is 0 Å². The van der Waals surface area contributed by atoms with Gasteiger partial charge < -0.3 is 20.1 Å². The number of nitrogens with zero attached hydrogens (tertiary/aromatic N) is 1. The van der Waals surface area contributed by atoms with Crippen LogP contribution in [-0.4, -0.2) is 41.2 Å². The zero-order valence-electron chi connectivity index (χ0n) is 11.8. The Balaban J connectivity index is 2.91. The van der Waals surface area contributed by atoms with Gasteiger partial charge in [-0.05, 0) is 26.0 Å². The molecule has 0 saturated heterocycles. The number of amides is 2. The van der Waals surface area contributed by atoms with Gasteiger partial charge in [0.2, 0.25) is 0 Å². The molecule has 0 atom stereocenters. The van der Waals surface area contributed by atoms with Crippen LogP contribution in [-0.2, 0) is 4.79 Å². The van der Waals surface area contributed by atoms with Crippen molar-refractivity contribution in [1.29, 1.82) is 0 Å². The number of carboxylic acid groups (broad SMARTS) is 1. The lowest BCUT2D eigenvalue weighted by Gasteiger charge is -2.31. The first-order valence-corrected chi connectivity index (χ1v) is 5.98. The molecule has 0 bridgehead atoms. The van der Waals surface area contributed by atoms with Crippen LogP contribution >= 0.6 is 0 Å². The topological polar surface area (TPSA) is 78.9 Å². The molecule has 2 amide bonds. The zero-order chi connectivity index (χ0) is 16.2. The van der Waals surface area contributed by atoms with Gasteiger partial charge in [0.1, 0.15) is 11.3 Å². The highest BCUT2D eigenvalue weighted by Gasteiger charge is 2.35. The monoisotopic (exact) mass is 302 g/mol. The van der Waals surface area contributed by atoms with Crippen LogP contribution in [0.2, 0.25) is 0 Å². The Morgan fingerprint density at radius 1 is 1.33 bits per heavy atom. The minimum Gasteiger partial charge on any atom is -0.480 e. The summed E-state index contributed by atoms with van der Waals surface area (Å²) in [5.41, 5.74) is -1.43. The third-order valence-corrected chi connectivity index (χ3v) is 3.01. The molecule has 0 aliphatic carbocycles. The van der Waals surface area contributed by atoms with Crippen LogP contribution in [0.5, 0.6) is 5.75 Å². The Morgan fingerprint density at radius 3 is 2.43 bits per heavy atom. The van der Waals surface area contributed by atoms with E-state index in [0.717, 1.165) is 4.90 Å². The summed E-state index contributed by atoms with van der Waals surface area (Å²) in [7, 11) is 1.29. The average molecular weight is 302 g/mol. The number of nitrogens with one attached hydrogen (secondary N) is 1. The Labute approximate surface area is 120 Å². The van der Waals surface area contributed by atoms with E-state index in [9.17, 15) is 18.4 Å². The quantitative estimate of drug-likeness (QED) is 0.876. The predicted molar refractivity (Wildman–Crippen MR) is 71.6 cm³/mol. The first-order valence-electron chi connectivity index (χ1n) is 5.98. The van der Waals surface area contributed by atoms with E-state index < -0.39 is 24.2 Å². The molecular formula is C13H16F2N2O4. The van der Waals surface area contributed by atoms with Gasteiger partial charge in [0, 0.05) is 7.05 Å². The Hall–Kier alpha value is -2.38. The first-order chi connectivity index (χ1) is 9.66. The number of rotatable bonds is 5. The Bertz CT molecular complexity index is 535. The molecule has 6 nitrogen and oxygen atoms in total. The second-order valence-electron chi connectivity index (χ2n) is 4.73. The maximum atomic E-state index is 12.3. The average Bonchev–Trinajstić information content (AvgIpc) is 2.39. The van der Waals surface area contributed by atoms with Crippen LogP contribution < -0.4 is 10.1 Å². The number of carbonyl (C=O) groups excluding carboxylic acids is 1. The number of aliphatic carboxylic acids is 1. The van der Waals surface area contributed by atoms with Crippen molar-refractivity contribution < 1.29 is 28.2 Å². The van der Waals surface area contributed by atoms with Gasteiger partial charge in [-0.2, -0.15) is 8.78 Å². The molecule has 1 aromatic carbocycles. The van der Waals surface area contributed by atoms with Gasteiger partial charge >= 0.3 is 18.6 Å². The van der Waals surface area contributed by atoms with Gasteiger partial charge in [0.15, 0.2) is 0 Å². The molecule has 8 heteroatoms. The van der Waals surface area contributed by atoms with E-state index in [1.54, 1.807) is 0 Å². The van der Waals surface area contributed by atoms with Crippen LogP contribution in [0.3, 0.4) is 0 Å². The van der Waals surface area contributed by atoms with E-state index in [0.29, 0.717) is 0 Å². The summed E-state index contributed by atoms with van der Waals surface area (Å²) >= 11 is 0. The van der Waals surface area contributed by atoms with Crippen molar-refractivity contribution in [1.82, 2.24) is 4.90 Å². The van der Waals surface area contributed by atoms with E-state index in [-0.39, 0.29) is 11.4 Å². The van der Waals surface area contributed by atoms with Crippen molar-refractivity contribution in [2.45, 2.75) is 26.0 Å². The number of para-hydroxylation sites is 2. The van der Waals surface area contributed by atoms with Gasteiger partial charge in [-0.15, -0.1) is 0 Å². The van der Waals surface area contributed by atoms with Crippen molar-refractivity contribution in [3.8, 4) is 5.75 Å². The smallest absolute Gasteiger partial charge is 0.387 e. The second-order valence-corrected chi connectivity index (χ2v) is 4.73. The lowest BCUT2D eigenvalue weighted by molar-refractivity contribution is -0.146. The summed E-state index contributed by atoms with van der Waals surface area (Å²) < 4.78 is 28.8. The summed E-state index contributed by atoms with van der Waals surface area (Å²) in [5.74, 6) is -1.40. The molecule has 2 N–H and O–H groups in total. The number of likely N-dealkylation sites (N-methyl/N-ethyl adjacent to an activating group) is 1. The standard InChI is InChI=1S/C13H16F2N2O4/c1-13(2,10(18)19)17(3)12(20)16-8-6-4-5-7-9(8)21-11(14)15/h4-7,11H,1-3H3,(H,16,20)(H,18,19). The van der Waals surface area contributed by atoms with Gasteiger partial charge in [-0.3, -0.25) is 0 Å². The maximum absolute atomic E-state index is 12.3. The molecule has 0 fully saturated rings. The normalized spacial score (nSPS) is 11.1. The maximum Gasteiger partial charge on any atom is 0.387 e. The highest BCUT2D eigenvalue weighted by Crippen LogP contribution is 2.26. The fourth-order valence-electron chi connectivity index (χ4n) is 1.37. The van der Waals surface area contributed by atoms with Crippen LogP contribution in [0.4, 0.5) is 19.3 Å². The molecule has 0 spiro atoms. The molecule has 0 saturated carbocycles. The van der Waals surface area contributed by atoms with E-state index in [4.69, 9.17) is 5.11 Å². The molecule has 0 aliphatic rings. The van der Waals surface area contributed by atoms with Gasteiger partial charge in [-0.1, -0.05) is 12.1 Å². The fourth-order valence-corrected chi connectivity index (χ4v) is 1.37. The Morgan fingerprint density at radius 2 is 1.90 bits per heavy atom. The summed E-state index contributed by atoms with van der Waals surface area (Å²) in [5, 5.41) is 11.4. The largest absolute Gasteiger partial charge is 0.480 e. The summed E-state index contributed by atoms with van der Waals surface area (Å²) in [6.07, 6.45) is 0. The van der Waals surface area contributed by atoms with Crippen LogP contribution in [0.1, 0.15) is 13.8 Å². The summed E-state index contributed by atoms with van der Waals surface area (Å²) in [6.45, 7) is -0.344. The number of carboxylic acids is 1.